The first-order valence-corrected chi connectivity index (χ1v) is 8.04. The summed E-state index contributed by atoms with van der Waals surface area (Å²) in [6, 6.07) is 3.84. The first-order chi connectivity index (χ1) is 9.81. The Balaban J connectivity index is 2.29. The van der Waals surface area contributed by atoms with E-state index < -0.39 is 27.8 Å². The number of rotatable bonds is 5. The Morgan fingerprint density at radius 3 is 2.76 bits per heavy atom. The van der Waals surface area contributed by atoms with Crippen molar-refractivity contribution < 1.29 is 22.7 Å². The van der Waals surface area contributed by atoms with Crippen LogP contribution in [-0.4, -0.2) is 24.5 Å². The molecule has 0 aliphatic heterocycles. The zero-order valence-corrected chi connectivity index (χ0v) is 13.2. The van der Waals surface area contributed by atoms with Crippen LogP contribution in [0.15, 0.2) is 44.6 Å². The van der Waals surface area contributed by atoms with Gasteiger partial charge < -0.3 is 9.52 Å². The van der Waals surface area contributed by atoms with E-state index in [1.807, 2.05) is 0 Å². The van der Waals surface area contributed by atoms with E-state index in [4.69, 9.17) is 9.52 Å². The van der Waals surface area contributed by atoms with E-state index in [0.717, 1.165) is 6.07 Å². The first kappa shape index (κ1) is 15.7. The smallest absolute Gasteiger partial charge is 0.371 e. The molecule has 21 heavy (non-hydrogen) atoms. The van der Waals surface area contributed by atoms with Gasteiger partial charge in [-0.1, -0.05) is 6.07 Å². The lowest BCUT2D eigenvalue weighted by atomic mass is 10.2. The summed E-state index contributed by atoms with van der Waals surface area (Å²) < 4.78 is 31.6. The van der Waals surface area contributed by atoms with Crippen LogP contribution in [0.25, 0.3) is 0 Å². The van der Waals surface area contributed by atoms with Crippen molar-refractivity contribution in [1.82, 2.24) is 9.71 Å². The van der Waals surface area contributed by atoms with E-state index >= 15 is 0 Å². The predicted molar refractivity (Wildman–Crippen MR) is 76.3 cm³/mol. The van der Waals surface area contributed by atoms with E-state index in [-0.39, 0.29) is 9.56 Å². The maximum atomic E-state index is 12.3. The number of carboxylic acids is 1. The second-order valence-electron chi connectivity index (χ2n) is 4.18. The van der Waals surface area contributed by atoms with Crippen LogP contribution in [0.1, 0.15) is 29.1 Å². The van der Waals surface area contributed by atoms with Crippen molar-refractivity contribution in [3.8, 4) is 0 Å². The van der Waals surface area contributed by atoms with Crippen molar-refractivity contribution >= 4 is 31.9 Å². The van der Waals surface area contributed by atoms with Crippen LogP contribution in [0.2, 0.25) is 0 Å². The quantitative estimate of drug-likeness (QED) is 0.829. The molecule has 1 atom stereocenters. The van der Waals surface area contributed by atoms with Crippen molar-refractivity contribution in [2.45, 2.75) is 17.9 Å². The van der Waals surface area contributed by atoms with Gasteiger partial charge >= 0.3 is 5.97 Å². The minimum absolute atomic E-state index is 0.161. The van der Waals surface area contributed by atoms with Gasteiger partial charge in [0.05, 0.1) is 0 Å². The zero-order valence-electron chi connectivity index (χ0n) is 10.8. The van der Waals surface area contributed by atoms with E-state index in [1.165, 1.54) is 0 Å². The van der Waals surface area contributed by atoms with E-state index in [2.05, 4.69) is 25.6 Å². The van der Waals surface area contributed by atoms with Crippen LogP contribution >= 0.6 is 15.9 Å². The molecule has 2 rings (SSSR count). The standard InChI is InChI=1S/C12H11BrN2O5S/c1-7(8-3-2-4-14-6-8)15-21(18,19)10-5-9(12(16)17)20-11(10)13/h2-7,15H,1H3,(H,16,17)/t7-/m1/s1. The molecule has 0 amide bonds. The number of hydrogen-bond acceptors (Lipinski definition) is 5. The average Bonchev–Trinajstić information content (AvgIpc) is 2.82. The molecule has 0 fully saturated rings. The topological polar surface area (TPSA) is 110 Å². The number of nitrogens with zero attached hydrogens (tertiary/aromatic N) is 1. The molecule has 7 nitrogen and oxygen atoms in total. The van der Waals surface area contributed by atoms with Crippen LogP contribution in [-0.2, 0) is 10.0 Å². The van der Waals surface area contributed by atoms with Gasteiger partial charge in [0.25, 0.3) is 0 Å². The van der Waals surface area contributed by atoms with Gasteiger partial charge in [-0.15, -0.1) is 0 Å². The highest BCUT2D eigenvalue weighted by atomic mass is 79.9. The Hall–Kier alpha value is -1.71. The Morgan fingerprint density at radius 1 is 1.52 bits per heavy atom. The lowest BCUT2D eigenvalue weighted by Gasteiger charge is -2.13. The van der Waals surface area contributed by atoms with Gasteiger partial charge in [-0.25, -0.2) is 17.9 Å². The van der Waals surface area contributed by atoms with Crippen molar-refractivity contribution in [2.24, 2.45) is 0 Å². The normalized spacial score (nSPS) is 13.0. The molecule has 0 unspecified atom stereocenters. The minimum atomic E-state index is -3.93. The van der Waals surface area contributed by atoms with Gasteiger partial charge in [-0.3, -0.25) is 4.98 Å². The number of hydrogen-bond donors (Lipinski definition) is 2. The molecule has 2 aromatic rings. The molecule has 9 heteroatoms. The predicted octanol–water partition coefficient (Wildman–Crippen LogP) is 2.17. The fourth-order valence-electron chi connectivity index (χ4n) is 1.64. The number of furan rings is 1. The monoisotopic (exact) mass is 374 g/mol. The summed E-state index contributed by atoms with van der Waals surface area (Å²) in [5, 5.41) is 8.81. The van der Waals surface area contributed by atoms with E-state index in [1.54, 1.807) is 31.5 Å². The van der Waals surface area contributed by atoms with Crippen molar-refractivity contribution in [1.29, 1.82) is 0 Å². The van der Waals surface area contributed by atoms with Gasteiger partial charge in [0.2, 0.25) is 15.8 Å². The highest BCUT2D eigenvalue weighted by molar-refractivity contribution is 9.10. The van der Waals surface area contributed by atoms with Crippen LogP contribution in [0, 0.1) is 0 Å². The maximum absolute atomic E-state index is 12.3. The molecule has 2 N–H and O–H groups in total. The number of nitrogens with one attached hydrogen (secondary N) is 1. The molecule has 2 aromatic heterocycles. The van der Waals surface area contributed by atoms with Gasteiger partial charge in [0.1, 0.15) is 4.90 Å². The lowest BCUT2D eigenvalue weighted by Crippen LogP contribution is -2.26. The van der Waals surface area contributed by atoms with Crippen LogP contribution in [0.5, 0.6) is 0 Å². The maximum Gasteiger partial charge on any atom is 0.371 e. The molecule has 0 aliphatic carbocycles. The van der Waals surface area contributed by atoms with Crippen molar-refractivity contribution in [3.05, 3.63) is 46.6 Å². The summed E-state index contributed by atoms with van der Waals surface area (Å²) >= 11 is 2.91. The minimum Gasteiger partial charge on any atom is -0.475 e. The second-order valence-corrected chi connectivity index (χ2v) is 6.59. The highest BCUT2D eigenvalue weighted by Gasteiger charge is 2.26. The molecule has 0 bridgehead atoms. The van der Waals surface area contributed by atoms with Crippen LogP contribution in [0.4, 0.5) is 0 Å². The van der Waals surface area contributed by atoms with Crippen molar-refractivity contribution in [2.75, 3.05) is 0 Å². The average molecular weight is 375 g/mol. The van der Waals surface area contributed by atoms with E-state index in [9.17, 15) is 13.2 Å². The molecule has 0 saturated heterocycles. The van der Waals surface area contributed by atoms with Crippen LogP contribution < -0.4 is 4.72 Å². The Morgan fingerprint density at radius 2 is 2.24 bits per heavy atom. The molecule has 0 radical (unpaired) electrons. The Kier molecular flexibility index (Phi) is 4.45. The third-order valence-electron chi connectivity index (χ3n) is 2.67. The highest BCUT2D eigenvalue weighted by Crippen LogP contribution is 2.27. The van der Waals surface area contributed by atoms with E-state index in [0.29, 0.717) is 5.56 Å². The largest absolute Gasteiger partial charge is 0.475 e. The Bertz CT molecular complexity index is 757. The third kappa shape index (κ3) is 3.49. The number of carboxylic acid groups (broad SMARTS) is 1. The molecular weight excluding hydrogens is 364 g/mol. The Labute approximate surface area is 129 Å². The summed E-state index contributed by atoms with van der Waals surface area (Å²) in [5.74, 6) is -1.81. The molecular formula is C12H11BrN2O5S. The summed E-state index contributed by atoms with van der Waals surface area (Å²) in [4.78, 5) is 14.4. The number of aromatic nitrogens is 1. The van der Waals surface area contributed by atoms with Gasteiger partial charge in [-0.2, -0.15) is 0 Å². The summed E-state index contributed by atoms with van der Waals surface area (Å²) in [6.45, 7) is 1.65. The summed E-state index contributed by atoms with van der Waals surface area (Å²) in [5.41, 5.74) is 0.680. The SMILES string of the molecule is C[C@@H](NS(=O)(=O)c1cc(C(=O)O)oc1Br)c1cccnc1. The molecule has 0 aliphatic rings. The molecule has 112 valence electrons. The number of halogens is 1. The molecule has 2 heterocycles. The van der Waals surface area contributed by atoms with Gasteiger partial charge in [0, 0.05) is 24.5 Å². The fourth-order valence-corrected chi connectivity index (χ4v) is 3.81. The van der Waals surface area contributed by atoms with Gasteiger partial charge in [-0.05, 0) is 34.5 Å². The fraction of sp³-hybridized carbons (Fsp3) is 0.167. The van der Waals surface area contributed by atoms with Crippen LogP contribution in [0.3, 0.4) is 0 Å². The first-order valence-electron chi connectivity index (χ1n) is 5.76. The van der Waals surface area contributed by atoms with Crippen molar-refractivity contribution in [3.63, 3.8) is 0 Å². The number of sulfonamides is 1. The summed E-state index contributed by atoms with van der Waals surface area (Å²) in [7, 11) is -3.93. The molecule has 0 spiro atoms. The zero-order chi connectivity index (χ0) is 15.6. The second kappa shape index (κ2) is 5.96. The number of pyridine rings is 1. The lowest BCUT2D eigenvalue weighted by molar-refractivity contribution is 0.0661. The summed E-state index contributed by atoms with van der Waals surface area (Å²) in [6.07, 6.45) is 3.12. The number of aromatic carboxylic acids is 1. The molecule has 0 saturated carbocycles. The van der Waals surface area contributed by atoms with Gasteiger partial charge in [0.15, 0.2) is 4.67 Å². The third-order valence-corrected chi connectivity index (χ3v) is 5.07. The number of carbonyl (C=O) groups is 1. The molecule has 0 aromatic carbocycles.